The maximum atomic E-state index is 11.5. The average Bonchev–Trinajstić information content (AvgIpc) is 2.88. The summed E-state index contributed by atoms with van der Waals surface area (Å²) in [5.41, 5.74) is 1.56. The first-order valence-corrected chi connectivity index (χ1v) is 8.06. The maximum Gasteiger partial charge on any atom is 0.221 e. The summed E-state index contributed by atoms with van der Waals surface area (Å²) in [5.74, 6) is 1.45. The van der Waals surface area contributed by atoms with Gasteiger partial charge in [-0.3, -0.25) is 9.20 Å². The molecule has 1 aliphatic rings. The highest BCUT2D eigenvalue weighted by Gasteiger charge is 2.16. The van der Waals surface area contributed by atoms with Crippen molar-refractivity contribution in [3.05, 3.63) is 41.8 Å². The smallest absolute Gasteiger partial charge is 0.221 e. The molecule has 0 atom stereocenters. The van der Waals surface area contributed by atoms with Crippen LogP contribution in [0, 0.1) is 0 Å². The Labute approximate surface area is 143 Å². The highest BCUT2D eigenvalue weighted by atomic mass is 35.5. The predicted octanol–water partition coefficient (Wildman–Crippen LogP) is 1.77. The van der Waals surface area contributed by atoms with Crippen molar-refractivity contribution in [1.29, 1.82) is 0 Å². The molecule has 7 nitrogen and oxygen atoms in total. The van der Waals surface area contributed by atoms with Gasteiger partial charge in [-0.2, -0.15) is 0 Å². The van der Waals surface area contributed by atoms with Gasteiger partial charge in [-0.25, -0.2) is 15.0 Å². The molecule has 3 aromatic heterocycles. The summed E-state index contributed by atoms with van der Waals surface area (Å²) in [4.78, 5) is 27.0. The van der Waals surface area contributed by atoms with Crippen LogP contribution in [-0.2, 0) is 4.79 Å². The van der Waals surface area contributed by atoms with Crippen LogP contribution < -0.4 is 10.2 Å². The molecule has 4 rings (SSSR count). The highest BCUT2D eigenvalue weighted by molar-refractivity contribution is 6.30. The lowest BCUT2D eigenvalue weighted by atomic mass is 10.3. The first-order valence-electron chi connectivity index (χ1n) is 7.68. The van der Waals surface area contributed by atoms with Crippen LogP contribution in [0.5, 0.6) is 0 Å². The lowest BCUT2D eigenvalue weighted by molar-refractivity contribution is -0.120. The van der Waals surface area contributed by atoms with E-state index in [-0.39, 0.29) is 5.91 Å². The molecule has 1 aliphatic heterocycles. The fourth-order valence-electron chi connectivity index (χ4n) is 2.76. The number of imidazole rings is 1. The Hall–Kier alpha value is -2.67. The number of nitrogens with one attached hydrogen (secondary N) is 1. The van der Waals surface area contributed by atoms with Crippen molar-refractivity contribution in [3.8, 4) is 11.5 Å². The van der Waals surface area contributed by atoms with Crippen LogP contribution in [0.2, 0.25) is 5.02 Å². The van der Waals surface area contributed by atoms with Crippen molar-refractivity contribution >= 4 is 29.0 Å². The van der Waals surface area contributed by atoms with E-state index < -0.39 is 0 Å². The summed E-state index contributed by atoms with van der Waals surface area (Å²) in [6.07, 6.45) is 5.72. The average molecular weight is 343 g/mol. The van der Waals surface area contributed by atoms with Crippen LogP contribution in [0.3, 0.4) is 0 Å². The lowest BCUT2D eigenvalue weighted by Gasteiger charge is -2.20. The van der Waals surface area contributed by atoms with E-state index in [1.165, 1.54) is 0 Å². The molecule has 122 valence electrons. The van der Waals surface area contributed by atoms with E-state index in [0.717, 1.165) is 23.7 Å². The Bertz CT molecular complexity index is 908. The standard InChI is InChI=1S/C16H15ClN6O/c17-11-1-2-13-20-9-12(23(13)10-11)16-19-5-3-14(21-16)22-7-4-15(24)18-6-8-22/h1-3,5,9-10H,4,6-8H2,(H,18,24). The number of fused-ring (bicyclic) bond motifs is 1. The molecule has 0 spiro atoms. The van der Waals surface area contributed by atoms with Crippen molar-refractivity contribution in [2.24, 2.45) is 0 Å². The summed E-state index contributed by atoms with van der Waals surface area (Å²) >= 11 is 6.08. The Morgan fingerprint density at radius 2 is 2.08 bits per heavy atom. The molecule has 0 saturated carbocycles. The van der Waals surface area contributed by atoms with Crippen molar-refractivity contribution in [1.82, 2.24) is 24.7 Å². The molecule has 0 aliphatic carbocycles. The van der Waals surface area contributed by atoms with Crippen LogP contribution in [0.25, 0.3) is 17.2 Å². The third kappa shape index (κ3) is 2.78. The topological polar surface area (TPSA) is 75.4 Å². The Morgan fingerprint density at radius 3 is 3.00 bits per heavy atom. The van der Waals surface area contributed by atoms with E-state index >= 15 is 0 Å². The molecule has 4 heterocycles. The number of halogens is 1. The van der Waals surface area contributed by atoms with Gasteiger partial charge in [-0.15, -0.1) is 0 Å². The molecule has 0 radical (unpaired) electrons. The second kappa shape index (κ2) is 6.09. The Morgan fingerprint density at radius 1 is 1.17 bits per heavy atom. The second-order valence-corrected chi connectivity index (χ2v) is 5.98. The zero-order valence-corrected chi connectivity index (χ0v) is 13.6. The number of rotatable bonds is 2. The molecule has 24 heavy (non-hydrogen) atoms. The SMILES string of the molecule is O=C1CCN(c2ccnc(-c3cnc4ccc(Cl)cn34)n2)CCN1. The molecular weight excluding hydrogens is 328 g/mol. The summed E-state index contributed by atoms with van der Waals surface area (Å²) in [6, 6.07) is 5.50. The van der Waals surface area contributed by atoms with Gasteiger partial charge >= 0.3 is 0 Å². The maximum absolute atomic E-state index is 11.5. The minimum Gasteiger partial charge on any atom is -0.354 e. The number of aromatic nitrogens is 4. The molecule has 1 fully saturated rings. The van der Waals surface area contributed by atoms with Gasteiger partial charge in [-0.1, -0.05) is 11.6 Å². The molecule has 1 saturated heterocycles. The van der Waals surface area contributed by atoms with Crippen molar-refractivity contribution < 1.29 is 4.79 Å². The number of carbonyl (C=O) groups is 1. The number of hydrogen-bond acceptors (Lipinski definition) is 5. The van der Waals surface area contributed by atoms with E-state index in [2.05, 4.69) is 25.2 Å². The third-order valence-electron chi connectivity index (χ3n) is 3.98. The van der Waals surface area contributed by atoms with Gasteiger partial charge in [0.15, 0.2) is 5.82 Å². The lowest BCUT2D eigenvalue weighted by Crippen LogP contribution is -2.29. The summed E-state index contributed by atoms with van der Waals surface area (Å²) < 4.78 is 1.87. The quantitative estimate of drug-likeness (QED) is 0.768. The van der Waals surface area contributed by atoms with Crippen LogP contribution in [0.15, 0.2) is 36.8 Å². The molecule has 1 amide bonds. The van der Waals surface area contributed by atoms with Crippen molar-refractivity contribution in [2.75, 3.05) is 24.5 Å². The van der Waals surface area contributed by atoms with Gasteiger partial charge in [-0.05, 0) is 18.2 Å². The van der Waals surface area contributed by atoms with E-state index in [1.54, 1.807) is 24.7 Å². The summed E-state index contributed by atoms with van der Waals surface area (Å²) in [6.45, 7) is 1.98. The van der Waals surface area contributed by atoms with Gasteiger partial charge in [0.05, 0.1) is 11.2 Å². The minimum absolute atomic E-state index is 0.0724. The Balaban J connectivity index is 1.71. The molecular formula is C16H15ClN6O. The zero-order chi connectivity index (χ0) is 16.5. The first kappa shape index (κ1) is 14.9. The molecule has 8 heteroatoms. The normalized spacial score (nSPS) is 15.4. The summed E-state index contributed by atoms with van der Waals surface area (Å²) in [7, 11) is 0. The van der Waals surface area contributed by atoms with Crippen LogP contribution in [0.1, 0.15) is 6.42 Å². The molecule has 0 aromatic carbocycles. The van der Waals surface area contributed by atoms with Gasteiger partial charge < -0.3 is 10.2 Å². The van der Waals surface area contributed by atoms with Gasteiger partial charge in [0, 0.05) is 38.4 Å². The van der Waals surface area contributed by atoms with Crippen LogP contribution >= 0.6 is 11.6 Å². The number of hydrogen-bond donors (Lipinski definition) is 1. The molecule has 3 aromatic rings. The van der Waals surface area contributed by atoms with E-state index in [1.807, 2.05) is 16.5 Å². The van der Waals surface area contributed by atoms with Gasteiger partial charge in [0.2, 0.25) is 5.91 Å². The monoisotopic (exact) mass is 342 g/mol. The third-order valence-corrected chi connectivity index (χ3v) is 4.20. The van der Waals surface area contributed by atoms with Gasteiger partial charge in [0.25, 0.3) is 0 Å². The van der Waals surface area contributed by atoms with Crippen LogP contribution in [0.4, 0.5) is 5.82 Å². The first-order chi connectivity index (χ1) is 11.7. The fourth-order valence-corrected chi connectivity index (χ4v) is 2.93. The minimum atomic E-state index is 0.0724. The number of amides is 1. The largest absolute Gasteiger partial charge is 0.354 e. The zero-order valence-electron chi connectivity index (χ0n) is 12.8. The Kier molecular flexibility index (Phi) is 3.78. The highest BCUT2D eigenvalue weighted by Crippen LogP contribution is 2.22. The van der Waals surface area contributed by atoms with E-state index in [0.29, 0.717) is 30.4 Å². The second-order valence-electron chi connectivity index (χ2n) is 5.54. The predicted molar refractivity (Wildman–Crippen MR) is 91.1 cm³/mol. The van der Waals surface area contributed by atoms with Gasteiger partial charge in [0.1, 0.15) is 17.2 Å². The van der Waals surface area contributed by atoms with E-state index in [9.17, 15) is 4.79 Å². The number of anilines is 1. The van der Waals surface area contributed by atoms with Crippen molar-refractivity contribution in [2.45, 2.75) is 6.42 Å². The molecule has 0 unspecified atom stereocenters. The number of nitrogens with zero attached hydrogens (tertiary/aromatic N) is 5. The number of pyridine rings is 1. The van der Waals surface area contributed by atoms with E-state index in [4.69, 9.17) is 11.6 Å². The molecule has 1 N–H and O–H groups in total. The number of carbonyl (C=O) groups excluding carboxylic acids is 1. The van der Waals surface area contributed by atoms with Crippen LogP contribution in [-0.4, -0.2) is 44.9 Å². The van der Waals surface area contributed by atoms with Crippen molar-refractivity contribution in [3.63, 3.8) is 0 Å². The fraction of sp³-hybridized carbons (Fsp3) is 0.250. The molecule has 0 bridgehead atoms. The summed E-state index contributed by atoms with van der Waals surface area (Å²) in [5, 5.41) is 3.48.